The first-order valence-electron chi connectivity index (χ1n) is 7.87. The van der Waals surface area contributed by atoms with Crippen LogP contribution in [0.5, 0.6) is 0 Å². The van der Waals surface area contributed by atoms with Crippen LogP contribution in [-0.2, 0) is 0 Å². The SMILES string of the molecule is CCN(CC)c1ccccc1/C=C/n1cnc2cc(F)ccc21. The van der Waals surface area contributed by atoms with E-state index in [0.29, 0.717) is 5.52 Å². The molecule has 0 aliphatic rings. The van der Waals surface area contributed by atoms with Crippen LogP contribution in [0.1, 0.15) is 19.4 Å². The van der Waals surface area contributed by atoms with Crippen molar-refractivity contribution in [3.63, 3.8) is 0 Å². The van der Waals surface area contributed by atoms with Gasteiger partial charge in [0, 0.05) is 31.0 Å². The van der Waals surface area contributed by atoms with E-state index in [1.807, 2.05) is 16.8 Å². The zero-order chi connectivity index (χ0) is 16.2. The Morgan fingerprint density at radius 3 is 2.70 bits per heavy atom. The van der Waals surface area contributed by atoms with E-state index in [0.717, 1.165) is 24.2 Å². The molecule has 0 unspecified atom stereocenters. The summed E-state index contributed by atoms with van der Waals surface area (Å²) in [5.74, 6) is -0.265. The van der Waals surface area contributed by atoms with Crippen molar-refractivity contribution < 1.29 is 4.39 Å². The topological polar surface area (TPSA) is 21.1 Å². The molecule has 0 aliphatic carbocycles. The third-order valence-electron chi connectivity index (χ3n) is 3.99. The quantitative estimate of drug-likeness (QED) is 0.684. The molecule has 0 N–H and O–H groups in total. The van der Waals surface area contributed by atoms with E-state index in [-0.39, 0.29) is 5.82 Å². The molecule has 3 nitrogen and oxygen atoms in total. The van der Waals surface area contributed by atoms with Crippen LogP contribution in [0.15, 0.2) is 48.8 Å². The molecule has 118 valence electrons. The molecule has 0 radical (unpaired) electrons. The van der Waals surface area contributed by atoms with E-state index in [9.17, 15) is 4.39 Å². The molecule has 0 spiro atoms. The van der Waals surface area contributed by atoms with Crippen LogP contribution in [0.3, 0.4) is 0 Å². The van der Waals surface area contributed by atoms with Crippen molar-refractivity contribution in [2.45, 2.75) is 13.8 Å². The number of nitrogens with zero attached hydrogens (tertiary/aromatic N) is 3. The van der Waals surface area contributed by atoms with Gasteiger partial charge in [-0.15, -0.1) is 0 Å². The molecular formula is C19H20FN3. The van der Waals surface area contributed by atoms with Crippen LogP contribution >= 0.6 is 0 Å². The number of imidazole rings is 1. The number of fused-ring (bicyclic) bond motifs is 1. The van der Waals surface area contributed by atoms with Gasteiger partial charge in [-0.2, -0.15) is 0 Å². The van der Waals surface area contributed by atoms with Crippen LogP contribution in [-0.4, -0.2) is 22.6 Å². The number of para-hydroxylation sites is 1. The van der Waals surface area contributed by atoms with Crippen molar-refractivity contribution in [1.82, 2.24) is 9.55 Å². The third kappa shape index (κ3) is 3.11. The van der Waals surface area contributed by atoms with Crippen molar-refractivity contribution in [1.29, 1.82) is 0 Å². The lowest BCUT2D eigenvalue weighted by atomic mass is 10.1. The summed E-state index contributed by atoms with van der Waals surface area (Å²) >= 11 is 0. The van der Waals surface area contributed by atoms with Gasteiger partial charge in [0.2, 0.25) is 0 Å². The van der Waals surface area contributed by atoms with Crippen molar-refractivity contribution in [2.24, 2.45) is 0 Å². The molecule has 0 atom stereocenters. The zero-order valence-corrected chi connectivity index (χ0v) is 13.4. The van der Waals surface area contributed by atoms with E-state index < -0.39 is 0 Å². The summed E-state index contributed by atoms with van der Waals surface area (Å²) in [4.78, 5) is 6.56. The molecule has 1 aromatic heterocycles. The molecule has 23 heavy (non-hydrogen) atoms. The summed E-state index contributed by atoms with van der Waals surface area (Å²) in [6.07, 6.45) is 5.74. The highest BCUT2D eigenvalue weighted by Gasteiger charge is 2.06. The maximum absolute atomic E-state index is 13.2. The molecule has 1 heterocycles. The van der Waals surface area contributed by atoms with Crippen LogP contribution in [0, 0.1) is 5.82 Å². The van der Waals surface area contributed by atoms with Crippen LogP contribution in [0.25, 0.3) is 23.3 Å². The third-order valence-corrected chi connectivity index (χ3v) is 3.99. The highest BCUT2D eigenvalue weighted by Crippen LogP contribution is 2.22. The number of hydrogen-bond donors (Lipinski definition) is 0. The van der Waals surface area contributed by atoms with Crippen molar-refractivity contribution >= 4 is 29.0 Å². The minimum atomic E-state index is -0.265. The number of rotatable bonds is 5. The summed E-state index contributed by atoms with van der Waals surface area (Å²) in [7, 11) is 0. The standard InChI is InChI=1S/C19H20FN3/c1-3-22(4-2)18-8-6-5-7-15(18)11-12-23-14-21-17-13-16(20)9-10-19(17)23/h5-14H,3-4H2,1-2H3/b12-11+. The van der Waals surface area contributed by atoms with Gasteiger partial charge in [0.05, 0.1) is 17.4 Å². The molecule has 0 amide bonds. The lowest BCUT2D eigenvalue weighted by molar-refractivity contribution is 0.629. The lowest BCUT2D eigenvalue weighted by Gasteiger charge is -2.23. The first-order valence-corrected chi connectivity index (χ1v) is 7.87. The van der Waals surface area contributed by atoms with Crippen molar-refractivity contribution in [3.05, 3.63) is 60.2 Å². The average Bonchev–Trinajstić information content (AvgIpc) is 2.97. The van der Waals surface area contributed by atoms with Crippen LogP contribution in [0.2, 0.25) is 0 Å². The molecule has 0 saturated heterocycles. The minimum absolute atomic E-state index is 0.265. The summed E-state index contributed by atoms with van der Waals surface area (Å²) in [6, 6.07) is 13.0. The summed E-state index contributed by atoms with van der Waals surface area (Å²) in [6.45, 7) is 6.24. The molecule has 2 aromatic carbocycles. The number of halogens is 1. The Kier molecular flexibility index (Phi) is 4.42. The Bertz CT molecular complexity index is 832. The molecule has 0 fully saturated rings. The van der Waals surface area contributed by atoms with E-state index in [1.165, 1.54) is 17.8 Å². The lowest BCUT2D eigenvalue weighted by Crippen LogP contribution is -2.22. The van der Waals surface area contributed by atoms with Gasteiger partial charge in [0.1, 0.15) is 5.82 Å². The molecule has 0 aliphatic heterocycles. The Morgan fingerprint density at radius 2 is 1.91 bits per heavy atom. The molecule has 4 heteroatoms. The smallest absolute Gasteiger partial charge is 0.125 e. The van der Waals surface area contributed by atoms with Gasteiger partial charge < -0.3 is 9.47 Å². The highest BCUT2D eigenvalue weighted by atomic mass is 19.1. The van der Waals surface area contributed by atoms with Crippen LogP contribution in [0.4, 0.5) is 10.1 Å². The monoisotopic (exact) mass is 309 g/mol. The first-order chi connectivity index (χ1) is 11.2. The van der Waals surface area contributed by atoms with E-state index in [1.54, 1.807) is 12.4 Å². The second-order valence-electron chi connectivity index (χ2n) is 5.33. The fraction of sp³-hybridized carbons (Fsp3) is 0.211. The Balaban J connectivity index is 1.96. The Hall–Kier alpha value is -2.62. The molecule has 3 rings (SSSR count). The van der Waals surface area contributed by atoms with Gasteiger partial charge in [-0.1, -0.05) is 18.2 Å². The fourth-order valence-electron chi connectivity index (χ4n) is 2.77. The Labute approximate surface area is 135 Å². The molecule has 0 bridgehead atoms. The number of aromatic nitrogens is 2. The van der Waals surface area contributed by atoms with Gasteiger partial charge in [-0.05, 0) is 43.7 Å². The second kappa shape index (κ2) is 6.65. The van der Waals surface area contributed by atoms with Gasteiger partial charge in [-0.3, -0.25) is 0 Å². The van der Waals surface area contributed by atoms with Gasteiger partial charge >= 0.3 is 0 Å². The van der Waals surface area contributed by atoms with E-state index in [2.05, 4.69) is 48.0 Å². The van der Waals surface area contributed by atoms with Crippen molar-refractivity contribution in [3.8, 4) is 0 Å². The fourth-order valence-corrected chi connectivity index (χ4v) is 2.77. The summed E-state index contributed by atoms with van der Waals surface area (Å²) in [5.41, 5.74) is 3.92. The maximum Gasteiger partial charge on any atom is 0.125 e. The number of anilines is 1. The zero-order valence-electron chi connectivity index (χ0n) is 13.4. The van der Waals surface area contributed by atoms with Gasteiger partial charge in [0.25, 0.3) is 0 Å². The average molecular weight is 309 g/mol. The number of hydrogen-bond acceptors (Lipinski definition) is 2. The number of benzene rings is 2. The minimum Gasteiger partial charge on any atom is -0.372 e. The van der Waals surface area contributed by atoms with Gasteiger partial charge in [0.15, 0.2) is 0 Å². The first kappa shape index (κ1) is 15.3. The highest BCUT2D eigenvalue weighted by molar-refractivity contribution is 5.80. The molecular weight excluding hydrogens is 289 g/mol. The second-order valence-corrected chi connectivity index (χ2v) is 5.33. The van der Waals surface area contributed by atoms with Crippen LogP contribution < -0.4 is 4.90 Å². The van der Waals surface area contributed by atoms with E-state index in [4.69, 9.17) is 0 Å². The Morgan fingerprint density at radius 1 is 1.13 bits per heavy atom. The maximum atomic E-state index is 13.2. The van der Waals surface area contributed by atoms with E-state index >= 15 is 0 Å². The van der Waals surface area contributed by atoms with Crippen molar-refractivity contribution in [2.75, 3.05) is 18.0 Å². The predicted molar refractivity (Wildman–Crippen MR) is 94.9 cm³/mol. The molecule has 3 aromatic rings. The normalized spacial score (nSPS) is 11.4. The summed E-state index contributed by atoms with van der Waals surface area (Å²) < 4.78 is 15.2. The largest absolute Gasteiger partial charge is 0.372 e. The van der Waals surface area contributed by atoms with Gasteiger partial charge in [-0.25, -0.2) is 9.37 Å². The molecule has 0 saturated carbocycles. The predicted octanol–water partition coefficient (Wildman–Crippen LogP) is 4.65. The summed E-state index contributed by atoms with van der Waals surface area (Å²) in [5, 5.41) is 0.